The van der Waals surface area contributed by atoms with Gasteiger partial charge in [-0.05, 0) is 37.1 Å². The van der Waals surface area contributed by atoms with E-state index < -0.39 is 0 Å². The number of pyridine rings is 2. The Bertz CT molecular complexity index is 1170. The van der Waals surface area contributed by atoms with Gasteiger partial charge in [-0.3, -0.25) is 9.98 Å². The fraction of sp³-hybridized carbons (Fsp3) is 0.0500. The molecule has 0 bridgehead atoms. The fourth-order valence-electron chi connectivity index (χ4n) is 2.81. The van der Waals surface area contributed by atoms with Crippen LogP contribution in [0.5, 0.6) is 0 Å². The Labute approximate surface area is 160 Å². The highest BCUT2D eigenvalue weighted by Gasteiger charge is 2.17. The van der Waals surface area contributed by atoms with Crippen molar-refractivity contribution in [3.63, 3.8) is 0 Å². The minimum absolute atomic E-state index is 0.659. The maximum Gasteiger partial charge on any atom is 0.167 e. The van der Waals surface area contributed by atoms with E-state index in [1.165, 1.54) is 11.3 Å². The molecule has 0 aliphatic carbocycles. The molecule has 0 spiro atoms. The van der Waals surface area contributed by atoms with Crippen LogP contribution in [-0.2, 0) is 7.05 Å². The molecule has 6 nitrogen and oxygen atoms in total. The van der Waals surface area contributed by atoms with Gasteiger partial charge in [-0.15, -0.1) is 10.2 Å². The van der Waals surface area contributed by atoms with Gasteiger partial charge in [-0.2, -0.15) is 0 Å². The summed E-state index contributed by atoms with van der Waals surface area (Å²) in [5.41, 5.74) is 4.11. The van der Waals surface area contributed by atoms with E-state index in [9.17, 15) is 0 Å². The molecular weight excluding hydrogens is 356 g/mol. The Hall–Kier alpha value is -3.45. The van der Waals surface area contributed by atoms with E-state index in [4.69, 9.17) is 4.98 Å². The fourth-order valence-corrected chi connectivity index (χ4v) is 3.65. The van der Waals surface area contributed by atoms with Crippen molar-refractivity contribution in [1.82, 2.24) is 24.7 Å². The Morgan fingerprint density at radius 2 is 2.11 bits per heavy atom. The van der Waals surface area contributed by atoms with Crippen LogP contribution in [-0.4, -0.2) is 31.4 Å². The summed E-state index contributed by atoms with van der Waals surface area (Å²) in [4.78, 5) is 13.0. The molecular formula is C20H16N6S. The van der Waals surface area contributed by atoms with Crippen molar-refractivity contribution in [3.05, 3.63) is 67.3 Å². The van der Waals surface area contributed by atoms with Crippen LogP contribution in [0.3, 0.4) is 0 Å². The second-order valence-electron chi connectivity index (χ2n) is 5.82. The van der Waals surface area contributed by atoms with Crippen molar-refractivity contribution in [3.8, 4) is 21.3 Å². The first-order valence-corrected chi connectivity index (χ1v) is 9.03. The molecule has 132 valence electrons. The van der Waals surface area contributed by atoms with E-state index in [0.29, 0.717) is 11.4 Å². The zero-order chi connectivity index (χ0) is 18.8. The van der Waals surface area contributed by atoms with Gasteiger partial charge in [-0.1, -0.05) is 24.0 Å². The number of aromatic nitrogens is 5. The molecule has 0 aliphatic rings. The number of aryl methyl sites for hydroxylation is 1. The lowest BCUT2D eigenvalue weighted by atomic mass is 10.2. The highest BCUT2D eigenvalue weighted by molar-refractivity contribution is 7.18. The molecule has 0 saturated carbocycles. The normalized spacial score (nSPS) is 11.7. The van der Waals surface area contributed by atoms with E-state index in [-0.39, 0.29) is 0 Å². The molecule has 7 heteroatoms. The smallest absolute Gasteiger partial charge is 0.167 e. The monoisotopic (exact) mass is 372 g/mol. The van der Waals surface area contributed by atoms with Crippen LogP contribution < -0.4 is 0 Å². The minimum atomic E-state index is 0.659. The molecule has 0 saturated heterocycles. The first-order valence-electron chi connectivity index (χ1n) is 8.21. The average molecular weight is 372 g/mol. The Morgan fingerprint density at radius 1 is 1.26 bits per heavy atom. The molecule has 4 heterocycles. The Kier molecular flexibility index (Phi) is 4.43. The van der Waals surface area contributed by atoms with Crippen LogP contribution in [0.4, 0.5) is 0 Å². The number of rotatable bonds is 5. The van der Waals surface area contributed by atoms with Crippen molar-refractivity contribution in [2.45, 2.75) is 0 Å². The largest absolute Gasteiger partial charge is 0.350 e. The van der Waals surface area contributed by atoms with Crippen LogP contribution in [0.2, 0.25) is 0 Å². The number of hydrogen-bond acceptors (Lipinski definition) is 6. The molecule has 0 fully saturated rings. The summed E-state index contributed by atoms with van der Waals surface area (Å²) in [6, 6.07) is 7.87. The molecule has 0 aliphatic heterocycles. The Balaban J connectivity index is 1.91. The Morgan fingerprint density at radius 3 is 2.85 bits per heavy atom. The third-order valence-electron chi connectivity index (χ3n) is 4.13. The van der Waals surface area contributed by atoms with Crippen molar-refractivity contribution < 1.29 is 0 Å². The van der Waals surface area contributed by atoms with Crippen LogP contribution in [0.1, 0.15) is 5.69 Å². The van der Waals surface area contributed by atoms with Crippen LogP contribution >= 0.6 is 11.3 Å². The molecule has 0 atom stereocenters. The first-order chi connectivity index (χ1) is 13.2. The number of allylic oxidation sites excluding steroid dienone is 2. The molecule has 27 heavy (non-hydrogen) atoms. The number of hydrogen-bond donors (Lipinski definition) is 0. The molecule has 4 aromatic heterocycles. The predicted molar refractivity (Wildman–Crippen MR) is 111 cm³/mol. The third kappa shape index (κ3) is 3.09. The zero-order valence-corrected chi connectivity index (χ0v) is 15.5. The minimum Gasteiger partial charge on any atom is -0.350 e. The van der Waals surface area contributed by atoms with E-state index >= 15 is 0 Å². The van der Waals surface area contributed by atoms with E-state index in [1.807, 2.05) is 42.1 Å². The number of nitrogens with zero attached hydrogens (tertiary/aromatic N) is 6. The van der Waals surface area contributed by atoms with Crippen molar-refractivity contribution in [2.75, 3.05) is 0 Å². The second kappa shape index (κ2) is 7.05. The summed E-state index contributed by atoms with van der Waals surface area (Å²) in [6.07, 6.45) is 8.97. The van der Waals surface area contributed by atoms with E-state index in [0.717, 1.165) is 32.2 Å². The van der Waals surface area contributed by atoms with Crippen molar-refractivity contribution in [1.29, 1.82) is 0 Å². The number of aliphatic imine (C=N–C) groups is 1. The van der Waals surface area contributed by atoms with Gasteiger partial charge >= 0.3 is 0 Å². The maximum absolute atomic E-state index is 4.81. The van der Waals surface area contributed by atoms with Gasteiger partial charge in [0.2, 0.25) is 0 Å². The average Bonchev–Trinajstić information content (AvgIpc) is 3.34. The molecule has 4 aromatic rings. The van der Waals surface area contributed by atoms with Gasteiger partial charge in [0.1, 0.15) is 10.7 Å². The molecule has 4 rings (SSSR count). The third-order valence-corrected chi connectivity index (χ3v) is 5.11. The summed E-state index contributed by atoms with van der Waals surface area (Å²) in [6.45, 7) is 7.39. The molecule has 0 amide bonds. The van der Waals surface area contributed by atoms with Gasteiger partial charge in [-0.25, -0.2) is 4.98 Å². The molecule has 0 aromatic carbocycles. The lowest BCUT2D eigenvalue weighted by Gasteiger charge is -2.06. The second-order valence-corrected chi connectivity index (χ2v) is 6.79. The summed E-state index contributed by atoms with van der Waals surface area (Å²) in [7, 11) is 2.00. The van der Waals surface area contributed by atoms with E-state index in [2.05, 4.69) is 33.5 Å². The number of fused-ring (bicyclic) bond motifs is 1. The maximum atomic E-state index is 4.81. The van der Waals surface area contributed by atoms with Crippen LogP contribution in [0.15, 0.2) is 66.6 Å². The SMILES string of the molecule is C=C/C=C(\N=C)c1cc2c(ccn2C)c(-c2nnc(-c3cccnc3)s2)n1. The van der Waals surface area contributed by atoms with E-state index in [1.54, 1.807) is 24.5 Å². The lowest BCUT2D eigenvalue weighted by Crippen LogP contribution is -1.94. The summed E-state index contributed by atoms with van der Waals surface area (Å²) in [5.74, 6) is 0. The highest BCUT2D eigenvalue weighted by atomic mass is 32.1. The van der Waals surface area contributed by atoms with Gasteiger partial charge < -0.3 is 4.57 Å². The summed E-state index contributed by atoms with van der Waals surface area (Å²) in [5, 5.41) is 11.3. The van der Waals surface area contributed by atoms with Crippen molar-refractivity contribution in [2.24, 2.45) is 12.0 Å². The van der Waals surface area contributed by atoms with Crippen LogP contribution in [0.25, 0.3) is 37.9 Å². The molecule has 0 unspecified atom stereocenters. The first kappa shape index (κ1) is 17.0. The molecule has 0 radical (unpaired) electrons. The van der Waals surface area contributed by atoms with Crippen molar-refractivity contribution >= 4 is 34.7 Å². The van der Waals surface area contributed by atoms with Gasteiger partial charge in [0.05, 0.1) is 16.9 Å². The van der Waals surface area contributed by atoms with Crippen LogP contribution in [0, 0.1) is 0 Å². The topological polar surface area (TPSA) is 68.8 Å². The summed E-state index contributed by atoms with van der Waals surface area (Å²) < 4.78 is 2.04. The highest BCUT2D eigenvalue weighted by Crippen LogP contribution is 2.34. The zero-order valence-electron chi connectivity index (χ0n) is 14.7. The lowest BCUT2D eigenvalue weighted by molar-refractivity contribution is 0.967. The predicted octanol–water partition coefficient (Wildman–Crippen LogP) is 4.38. The van der Waals surface area contributed by atoms with Gasteiger partial charge in [0.15, 0.2) is 5.01 Å². The van der Waals surface area contributed by atoms with Gasteiger partial charge in [0, 0.05) is 36.6 Å². The standard InChI is InChI=1S/C20H16N6S/c1-4-6-15(21-2)16-11-17-14(8-10-26(17)3)18(23-16)20-25-24-19(27-20)13-7-5-9-22-12-13/h4-12H,1-2H2,3H3/b15-6-. The molecule has 0 N–H and O–H groups in total. The summed E-state index contributed by atoms with van der Waals surface area (Å²) >= 11 is 1.48. The quantitative estimate of drug-likeness (QED) is 0.385. The van der Waals surface area contributed by atoms with Gasteiger partial charge in [0.25, 0.3) is 0 Å².